The summed E-state index contributed by atoms with van der Waals surface area (Å²) in [5.74, 6) is 0.206. The first-order chi connectivity index (χ1) is 10.1. The van der Waals surface area contributed by atoms with Crippen LogP contribution in [0, 0.1) is 6.92 Å². The van der Waals surface area contributed by atoms with Gasteiger partial charge in [0.1, 0.15) is 0 Å². The van der Waals surface area contributed by atoms with Crippen molar-refractivity contribution in [1.82, 2.24) is 10.2 Å². The van der Waals surface area contributed by atoms with E-state index in [1.54, 1.807) is 0 Å². The van der Waals surface area contributed by atoms with Gasteiger partial charge >= 0.3 is 0 Å². The molecule has 3 nitrogen and oxygen atoms in total. The van der Waals surface area contributed by atoms with Crippen LogP contribution in [0.25, 0.3) is 0 Å². The van der Waals surface area contributed by atoms with Crippen molar-refractivity contribution in [3.05, 3.63) is 35.4 Å². The Balaban J connectivity index is 1.61. The molecule has 116 valence electrons. The van der Waals surface area contributed by atoms with Crippen LogP contribution in [-0.4, -0.2) is 37.0 Å². The molecule has 1 N–H and O–H groups in total. The molecule has 1 aromatic carbocycles. The highest BCUT2D eigenvalue weighted by molar-refractivity contribution is 5.76. The number of nitrogens with one attached hydrogen (secondary N) is 1. The van der Waals surface area contributed by atoms with E-state index in [0.717, 1.165) is 32.4 Å². The molecule has 2 rings (SSSR count). The number of benzene rings is 1. The summed E-state index contributed by atoms with van der Waals surface area (Å²) < 4.78 is 0. The molecule has 1 fully saturated rings. The standard InChI is InChI=1S/C18H28N2O/c1-15-8-10-16(11-9-15)6-5-12-19-18(21)14-17-7-3-4-13-20(17)2/h8-11,17H,3-7,12-14H2,1-2H3,(H,19,21)/t17-/m0/s1. The van der Waals surface area contributed by atoms with Crippen LogP contribution in [0.15, 0.2) is 24.3 Å². The van der Waals surface area contributed by atoms with Crippen LogP contribution in [0.1, 0.15) is 43.2 Å². The second-order valence-electron chi connectivity index (χ2n) is 6.27. The van der Waals surface area contributed by atoms with Crippen molar-refractivity contribution < 1.29 is 4.79 Å². The van der Waals surface area contributed by atoms with Crippen molar-refractivity contribution in [2.45, 2.75) is 51.5 Å². The highest BCUT2D eigenvalue weighted by Gasteiger charge is 2.21. The van der Waals surface area contributed by atoms with Crippen LogP contribution in [0.5, 0.6) is 0 Å². The second-order valence-corrected chi connectivity index (χ2v) is 6.27. The third kappa shape index (κ3) is 5.50. The van der Waals surface area contributed by atoms with Crippen LogP contribution in [0.4, 0.5) is 0 Å². The van der Waals surface area contributed by atoms with Crippen molar-refractivity contribution in [2.75, 3.05) is 20.1 Å². The Morgan fingerprint density at radius 2 is 2.05 bits per heavy atom. The lowest BCUT2D eigenvalue weighted by Crippen LogP contribution is -2.40. The summed E-state index contributed by atoms with van der Waals surface area (Å²) >= 11 is 0. The lowest BCUT2D eigenvalue weighted by molar-refractivity contribution is -0.122. The van der Waals surface area contributed by atoms with E-state index in [2.05, 4.69) is 48.5 Å². The number of carbonyl (C=O) groups excluding carboxylic acids is 1. The molecule has 3 heteroatoms. The summed E-state index contributed by atoms with van der Waals surface area (Å²) in [6.45, 7) is 4.01. The summed E-state index contributed by atoms with van der Waals surface area (Å²) in [5.41, 5.74) is 2.64. The normalized spacial score (nSPS) is 19.4. The Kier molecular flexibility index (Phi) is 6.24. The van der Waals surface area contributed by atoms with Crippen molar-refractivity contribution in [1.29, 1.82) is 0 Å². The van der Waals surface area contributed by atoms with Crippen LogP contribution in [0.2, 0.25) is 0 Å². The van der Waals surface area contributed by atoms with Crippen molar-refractivity contribution in [2.24, 2.45) is 0 Å². The molecule has 0 aromatic heterocycles. The van der Waals surface area contributed by atoms with Gasteiger partial charge in [0, 0.05) is 19.0 Å². The van der Waals surface area contributed by atoms with Crippen LogP contribution >= 0.6 is 0 Å². The predicted octanol–water partition coefficient (Wildman–Crippen LogP) is 2.92. The quantitative estimate of drug-likeness (QED) is 0.816. The zero-order chi connectivity index (χ0) is 15.1. The maximum Gasteiger partial charge on any atom is 0.221 e. The molecule has 21 heavy (non-hydrogen) atoms. The van der Waals surface area contributed by atoms with E-state index < -0.39 is 0 Å². The SMILES string of the molecule is Cc1ccc(CCCNC(=O)C[C@@H]2CCCCN2C)cc1. The van der Waals surface area contributed by atoms with Gasteiger partial charge in [0.05, 0.1) is 0 Å². The molecule has 0 spiro atoms. The largest absolute Gasteiger partial charge is 0.356 e. The number of amides is 1. The summed E-state index contributed by atoms with van der Waals surface area (Å²) in [7, 11) is 2.13. The minimum Gasteiger partial charge on any atom is -0.356 e. The fourth-order valence-electron chi connectivity index (χ4n) is 2.96. The lowest BCUT2D eigenvalue weighted by Gasteiger charge is -2.31. The van der Waals surface area contributed by atoms with E-state index in [4.69, 9.17) is 0 Å². The van der Waals surface area contributed by atoms with Gasteiger partial charge in [-0.1, -0.05) is 36.2 Å². The topological polar surface area (TPSA) is 32.3 Å². The number of aryl methyl sites for hydroxylation is 2. The second kappa shape index (κ2) is 8.18. The van der Waals surface area contributed by atoms with Crippen molar-refractivity contribution in [3.63, 3.8) is 0 Å². The number of rotatable bonds is 6. The molecule has 0 aliphatic carbocycles. The third-order valence-electron chi connectivity index (χ3n) is 4.43. The average molecular weight is 288 g/mol. The predicted molar refractivity (Wildman–Crippen MR) is 87.4 cm³/mol. The summed E-state index contributed by atoms with van der Waals surface area (Å²) in [6.07, 6.45) is 6.38. The molecule has 0 radical (unpaired) electrons. The number of piperidine rings is 1. The van der Waals surface area contributed by atoms with Crippen LogP contribution in [0.3, 0.4) is 0 Å². The summed E-state index contributed by atoms with van der Waals surface area (Å²) in [5, 5.41) is 3.07. The van der Waals surface area contributed by atoms with Gasteiger partial charge in [-0.2, -0.15) is 0 Å². The monoisotopic (exact) mass is 288 g/mol. The van der Waals surface area contributed by atoms with Gasteiger partial charge in [0.15, 0.2) is 0 Å². The molecule has 1 saturated heterocycles. The third-order valence-corrected chi connectivity index (χ3v) is 4.43. The van der Waals surface area contributed by atoms with E-state index in [9.17, 15) is 4.79 Å². The van der Waals surface area contributed by atoms with Gasteiger partial charge in [-0.25, -0.2) is 0 Å². The molecule has 0 bridgehead atoms. The van der Waals surface area contributed by atoms with Gasteiger partial charge in [-0.15, -0.1) is 0 Å². The van der Waals surface area contributed by atoms with Gasteiger partial charge in [-0.05, 0) is 51.8 Å². The fourth-order valence-corrected chi connectivity index (χ4v) is 2.96. The Bertz CT molecular complexity index is 441. The van der Waals surface area contributed by atoms with Gasteiger partial charge in [0.25, 0.3) is 0 Å². The van der Waals surface area contributed by atoms with E-state index in [1.165, 1.54) is 24.0 Å². The number of carbonyl (C=O) groups is 1. The summed E-state index contributed by atoms with van der Waals surface area (Å²) in [4.78, 5) is 14.3. The Morgan fingerprint density at radius 1 is 1.29 bits per heavy atom. The first kappa shape index (κ1) is 16.0. The van der Waals surface area contributed by atoms with Crippen molar-refractivity contribution >= 4 is 5.91 Å². The molecule has 0 saturated carbocycles. The molecule has 1 atom stereocenters. The molecule has 1 heterocycles. The zero-order valence-electron chi connectivity index (χ0n) is 13.4. The maximum atomic E-state index is 12.0. The molecular weight excluding hydrogens is 260 g/mol. The fraction of sp³-hybridized carbons (Fsp3) is 0.611. The number of likely N-dealkylation sites (tertiary alicyclic amines) is 1. The van der Waals surface area contributed by atoms with E-state index in [1.807, 2.05) is 0 Å². The number of hydrogen-bond acceptors (Lipinski definition) is 2. The maximum absolute atomic E-state index is 12.0. The number of nitrogens with zero attached hydrogens (tertiary/aromatic N) is 1. The molecule has 1 aromatic rings. The first-order valence-electron chi connectivity index (χ1n) is 8.17. The Morgan fingerprint density at radius 3 is 2.76 bits per heavy atom. The van der Waals surface area contributed by atoms with Crippen molar-refractivity contribution in [3.8, 4) is 0 Å². The molecule has 1 amide bonds. The van der Waals surface area contributed by atoms with Gasteiger partial charge in [0.2, 0.25) is 5.91 Å². The molecule has 1 aliphatic heterocycles. The van der Waals surface area contributed by atoms with Crippen LogP contribution in [-0.2, 0) is 11.2 Å². The lowest BCUT2D eigenvalue weighted by atomic mass is 10.00. The Labute approximate surface area is 128 Å². The highest BCUT2D eigenvalue weighted by atomic mass is 16.1. The average Bonchev–Trinajstić information content (AvgIpc) is 2.48. The first-order valence-corrected chi connectivity index (χ1v) is 8.17. The van der Waals surface area contributed by atoms with E-state index in [-0.39, 0.29) is 5.91 Å². The number of hydrogen-bond donors (Lipinski definition) is 1. The minimum absolute atomic E-state index is 0.206. The highest BCUT2D eigenvalue weighted by Crippen LogP contribution is 2.17. The summed E-state index contributed by atoms with van der Waals surface area (Å²) in [6, 6.07) is 9.08. The molecular formula is C18H28N2O. The Hall–Kier alpha value is -1.35. The van der Waals surface area contributed by atoms with E-state index >= 15 is 0 Å². The van der Waals surface area contributed by atoms with Gasteiger partial charge < -0.3 is 10.2 Å². The van der Waals surface area contributed by atoms with Crippen LogP contribution < -0.4 is 5.32 Å². The molecule has 1 aliphatic rings. The van der Waals surface area contributed by atoms with E-state index in [0.29, 0.717) is 12.5 Å². The van der Waals surface area contributed by atoms with Gasteiger partial charge in [-0.3, -0.25) is 4.79 Å². The smallest absolute Gasteiger partial charge is 0.221 e. The minimum atomic E-state index is 0.206. The zero-order valence-corrected chi connectivity index (χ0v) is 13.4. The molecule has 0 unspecified atom stereocenters.